The lowest BCUT2D eigenvalue weighted by atomic mass is 10.1. The molecule has 0 bridgehead atoms. The number of nitrogens with zero attached hydrogens (tertiary/aromatic N) is 2. The van der Waals surface area contributed by atoms with E-state index in [4.69, 9.17) is 12.2 Å². The van der Waals surface area contributed by atoms with E-state index in [1.54, 1.807) is 18.3 Å². The molecule has 18 heavy (non-hydrogen) atoms. The van der Waals surface area contributed by atoms with Crippen LogP contribution in [0.25, 0.3) is 11.3 Å². The van der Waals surface area contributed by atoms with Crippen molar-refractivity contribution in [1.82, 2.24) is 9.55 Å². The number of nitrogens with one attached hydrogen (secondary N) is 1. The van der Waals surface area contributed by atoms with E-state index in [1.165, 1.54) is 12.1 Å². The maximum Gasteiger partial charge on any atom is 0.270 e. The van der Waals surface area contributed by atoms with Gasteiger partial charge in [-0.1, -0.05) is 18.2 Å². The number of allylic oxidation sites excluding steroid dienone is 1. The van der Waals surface area contributed by atoms with Gasteiger partial charge in [0.1, 0.15) is 0 Å². The highest BCUT2D eigenvalue weighted by Crippen LogP contribution is 2.24. The Balaban J connectivity index is 2.55. The maximum atomic E-state index is 10.8. The first kappa shape index (κ1) is 12.3. The van der Waals surface area contributed by atoms with Gasteiger partial charge in [-0.05, 0) is 12.2 Å². The molecule has 1 aromatic heterocycles. The third-order valence-corrected chi connectivity index (χ3v) is 2.87. The average Bonchev–Trinajstić information content (AvgIpc) is 2.72. The quantitative estimate of drug-likeness (QED) is 0.397. The fourth-order valence-electron chi connectivity index (χ4n) is 1.72. The number of aromatic amines is 1. The molecule has 2 rings (SSSR count). The van der Waals surface area contributed by atoms with Gasteiger partial charge in [-0.15, -0.1) is 6.58 Å². The van der Waals surface area contributed by atoms with E-state index < -0.39 is 4.92 Å². The molecule has 0 aliphatic carbocycles. The maximum absolute atomic E-state index is 10.8. The third-order valence-electron chi connectivity index (χ3n) is 2.53. The van der Waals surface area contributed by atoms with Crippen LogP contribution in [0.5, 0.6) is 0 Å². The summed E-state index contributed by atoms with van der Waals surface area (Å²) in [7, 11) is 0. The Bertz CT molecular complexity index is 657. The van der Waals surface area contributed by atoms with Crippen LogP contribution in [0.1, 0.15) is 0 Å². The van der Waals surface area contributed by atoms with Crippen LogP contribution in [0, 0.1) is 14.9 Å². The van der Waals surface area contributed by atoms with Crippen molar-refractivity contribution in [2.75, 3.05) is 0 Å². The highest BCUT2D eigenvalue weighted by molar-refractivity contribution is 7.71. The molecule has 0 aliphatic rings. The van der Waals surface area contributed by atoms with Gasteiger partial charge in [0.05, 0.1) is 10.6 Å². The van der Waals surface area contributed by atoms with Crippen LogP contribution >= 0.6 is 12.2 Å². The Kier molecular flexibility index (Phi) is 3.38. The van der Waals surface area contributed by atoms with E-state index in [0.717, 1.165) is 11.3 Å². The predicted molar refractivity (Wildman–Crippen MR) is 71.9 cm³/mol. The van der Waals surface area contributed by atoms with Crippen molar-refractivity contribution in [3.8, 4) is 11.3 Å². The van der Waals surface area contributed by atoms with E-state index in [9.17, 15) is 10.1 Å². The third kappa shape index (κ3) is 2.23. The summed E-state index contributed by atoms with van der Waals surface area (Å²) in [6.07, 6.45) is 3.47. The largest absolute Gasteiger partial charge is 0.337 e. The number of hydrogen-bond acceptors (Lipinski definition) is 3. The molecule has 1 N–H and O–H groups in total. The van der Waals surface area contributed by atoms with Crippen LogP contribution in [-0.2, 0) is 6.54 Å². The lowest BCUT2D eigenvalue weighted by Crippen LogP contribution is -1.98. The van der Waals surface area contributed by atoms with E-state index in [1.807, 2.05) is 10.6 Å². The molecule has 0 radical (unpaired) electrons. The van der Waals surface area contributed by atoms with Crippen molar-refractivity contribution in [3.05, 3.63) is 58.0 Å². The molecule has 1 heterocycles. The molecule has 0 amide bonds. The molecule has 0 aliphatic heterocycles. The second-order valence-electron chi connectivity index (χ2n) is 3.69. The molecule has 2 aromatic rings. The Morgan fingerprint density at radius 3 is 3.00 bits per heavy atom. The van der Waals surface area contributed by atoms with Crippen LogP contribution in [0.2, 0.25) is 0 Å². The number of benzene rings is 1. The standard InChI is InChI=1S/C12H11N3O2S/c1-2-6-14-11(8-13-12(14)18)9-4-3-5-10(7-9)15(16)17/h2-5,7-8H,1,6H2,(H,13,18). The van der Waals surface area contributed by atoms with E-state index in [-0.39, 0.29) is 5.69 Å². The summed E-state index contributed by atoms with van der Waals surface area (Å²) in [5.41, 5.74) is 1.62. The zero-order valence-electron chi connectivity index (χ0n) is 9.50. The lowest BCUT2D eigenvalue weighted by Gasteiger charge is -2.05. The van der Waals surface area contributed by atoms with Crippen LogP contribution in [0.3, 0.4) is 0 Å². The van der Waals surface area contributed by atoms with Crippen LogP contribution in [0.15, 0.2) is 43.1 Å². The van der Waals surface area contributed by atoms with E-state index in [0.29, 0.717) is 11.3 Å². The number of hydrogen-bond donors (Lipinski definition) is 1. The first-order chi connectivity index (χ1) is 8.63. The fourth-order valence-corrected chi connectivity index (χ4v) is 1.96. The van der Waals surface area contributed by atoms with Gasteiger partial charge in [0.2, 0.25) is 0 Å². The summed E-state index contributed by atoms with van der Waals surface area (Å²) in [5, 5.41) is 10.8. The molecular formula is C12H11N3O2S. The Morgan fingerprint density at radius 1 is 1.56 bits per heavy atom. The Morgan fingerprint density at radius 2 is 2.33 bits per heavy atom. The normalized spacial score (nSPS) is 10.2. The number of aromatic nitrogens is 2. The molecule has 1 aromatic carbocycles. The van der Waals surface area contributed by atoms with Crippen molar-refractivity contribution in [1.29, 1.82) is 0 Å². The van der Waals surface area contributed by atoms with Gasteiger partial charge in [-0.25, -0.2) is 0 Å². The number of nitro benzene ring substituents is 1. The lowest BCUT2D eigenvalue weighted by molar-refractivity contribution is -0.384. The zero-order valence-corrected chi connectivity index (χ0v) is 10.3. The summed E-state index contributed by atoms with van der Waals surface area (Å²) in [5.74, 6) is 0. The second kappa shape index (κ2) is 4.97. The van der Waals surface area contributed by atoms with Crippen LogP contribution in [-0.4, -0.2) is 14.5 Å². The summed E-state index contributed by atoms with van der Waals surface area (Å²) >= 11 is 5.15. The summed E-state index contributed by atoms with van der Waals surface area (Å²) in [4.78, 5) is 13.3. The summed E-state index contributed by atoms with van der Waals surface area (Å²) < 4.78 is 2.40. The monoisotopic (exact) mass is 261 g/mol. The molecule has 6 heteroatoms. The Labute approximate surface area is 109 Å². The summed E-state index contributed by atoms with van der Waals surface area (Å²) in [6, 6.07) is 6.45. The first-order valence-electron chi connectivity index (χ1n) is 5.27. The molecule has 0 unspecified atom stereocenters. The van der Waals surface area contributed by atoms with Gasteiger partial charge in [-0.3, -0.25) is 10.1 Å². The number of non-ortho nitro benzene ring substituents is 1. The van der Waals surface area contributed by atoms with Gasteiger partial charge >= 0.3 is 0 Å². The molecule has 0 spiro atoms. The van der Waals surface area contributed by atoms with Crippen LogP contribution < -0.4 is 0 Å². The number of H-pyrrole nitrogens is 1. The number of nitro groups is 1. The number of rotatable bonds is 4. The van der Waals surface area contributed by atoms with E-state index in [2.05, 4.69) is 11.6 Å². The Hall–Kier alpha value is -2.21. The van der Waals surface area contributed by atoms with Crippen molar-refractivity contribution >= 4 is 17.9 Å². The first-order valence-corrected chi connectivity index (χ1v) is 5.68. The molecule has 0 saturated carbocycles. The smallest absolute Gasteiger partial charge is 0.270 e. The minimum Gasteiger partial charge on any atom is -0.337 e. The molecule has 92 valence electrons. The van der Waals surface area contributed by atoms with Gasteiger partial charge in [0, 0.05) is 30.4 Å². The van der Waals surface area contributed by atoms with Gasteiger partial charge < -0.3 is 9.55 Å². The zero-order chi connectivity index (χ0) is 13.1. The second-order valence-corrected chi connectivity index (χ2v) is 4.07. The van der Waals surface area contributed by atoms with Crippen molar-refractivity contribution in [2.45, 2.75) is 6.54 Å². The minimum atomic E-state index is -0.414. The number of imidazole rings is 1. The van der Waals surface area contributed by atoms with Crippen LogP contribution in [0.4, 0.5) is 5.69 Å². The van der Waals surface area contributed by atoms with E-state index >= 15 is 0 Å². The van der Waals surface area contributed by atoms with Gasteiger partial charge in [0.15, 0.2) is 4.77 Å². The topological polar surface area (TPSA) is 63.9 Å². The van der Waals surface area contributed by atoms with Crippen molar-refractivity contribution in [3.63, 3.8) is 0 Å². The van der Waals surface area contributed by atoms with Crippen molar-refractivity contribution < 1.29 is 4.92 Å². The van der Waals surface area contributed by atoms with Gasteiger partial charge in [0.25, 0.3) is 5.69 Å². The highest BCUT2D eigenvalue weighted by Gasteiger charge is 2.10. The molecule has 5 nitrogen and oxygen atoms in total. The molecule has 0 saturated heterocycles. The average molecular weight is 261 g/mol. The fraction of sp³-hybridized carbons (Fsp3) is 0.0833. The summed E-state index contributed by atoms with van der Waals surface area (Å²) in [6.45, 7) is 4.22. The molecular weight excluding hydrogens is 250 g/mol. The molecule has 0 fully saturated rings. The predicted octanol–water partition coefficient (Wildman–Crippen LogP) is 3.31. The highest BCUT2D eigenvalue weighted by atomic mass is 32.1. The minimum absolute atomic E-state index is 0.0600. The SMILES string of the molecule is C=CCn1c(-c2cccc([N+](=O)[O-])c2)c[nH]c1=S. The van der Waals surface area contributed by atoms with Gasteiger partial charge in [-0.2, -0.15) is 0 Å². The van der Waals surface area contributed by atoms with Crippen molar-refractivity contribution in [2.24, 2.45) is 0 Å². The molecule has 0 atom stereocenters.